The molecule has 3 N–H and O–H groups in total. The van der Waals surface area contributed by atoms with Crippen LogP contribution in [0.2, 0.25) is 0 Å². The van der Waals surface area contributed by atoms with Crippen LogP contribution in [0.1, 0.15) is 30.5 Å². The van der Waals surface area contributed by atoms with E-state index in [0.29, 0.717) is 24.7 Å². The molecule has 0 aliphatic heterocycles. The van der Waals surface area contributed by atoms with Gasteiger partial charge in [-0.1, -0.05) is 24.3 Å². The monoisotopic (exact) mass is 526 g/mol. The van der Waals surface area contributed by atoms with E-state index < -0.39 is 6.09 Å². The lowest BCUT2D eigenvalue weighted by Gasteiger charge is -2.17. The summed E-state index contributed by atoms with van der Waals surface area (Å²) in [6.45, 7) is 7.29. The summed E-state index contributed by atoms with van der Waals surface area (Å²) in [5.74, 6) is 1.58. The Kier molecular flexibility index (Phi) is 11.0. The molecule has 0 aromatic heterocycles. The summed E-state index contributed by atoms with van der Waals surface area (Å²) < 4.78 is 10.5. The van der Waals surface area contributed by atoms with E-state index in [0.717, 1.165) is 22.4 Å². The summed E-state index contributed by atoms with van der Waals surface area (Å²) in [6, 6.07) is 13.7. The molecule has 0 atom stereocenters. The highest BCUT2D eigenvalue weighted by atomic mass is 127. The predicted octanol–water partition coefficient (Wildman–Crippen LogP) is 4.44. The Morgan fingerprint density at radius 2 is 1.73 bits per heavy atom. The molecule has 0 radical (unpaired) electrons. The number of rotatable bonds is 7. The van der Waals surface area contributed by atoms with E-state index in [9.17, 15) is 4.79 Å². The van der Waals surface area contributed by atoms with Gasteiger partial charge in [-0.15, -0.1) is 24.0 Å². The third-order valence-electron chi connectivity index (χ3n) is 4.10. The van der Waals surface area contributed by atoms with Crippen molar-refractivity contribution in [2.24, 2.45) is 4.99 Å². The van der Waals surface area contributed by atoms with Gasteiger partial charge in [0.15, 0.2) is 5.96 Å². The van der Waals surface area contributed by atoms with Gasteiger partial charge in [0.1, 0.15) is 5.75 Å². The van der Waals surface area contributed by atoms with Gasteiger partial charge in [-0.3, -0.25) is 10.3 Å². The van der Waals surface area contributed by atoms with E-state index in [2.05, 4.69) is 50.8 Å². The summed E-state index contributed by atoms with van der Waals surface area (Å²) in [4.78, 5) is 15.5. The van der Waals surface area contributed by atoms with E-state index in [1.807, 2.05) is 38.1 Å². The second kappa shape index (κ2) is 12.9. The van der Waals surface area contributed by atoms with Gasteiger partial charge in [-0.2, -0.15) is 0 Å². The number of anilines is 1. The predicted molar refractivity (Wildman–Crippen MR) is 132 cm³/mol. The zero-order chi connectivity index (χ0) is 21.2. The quantitative estimate of drug-likeness (QED) is 0.282. The van der Waals surface area contributed by atoms with Crippen LogP contribution in [-0.2, 0) is 17.8 Å². The van der Waals surface area contributed by atoms with Gasteiger partial charge in [-0.05, 0) is 50.1 Å². The average molecular weight is 526 g/mol. The van der Waals surface area contributed by atoms with Crippen molar-refractivity contribution in [1.82, 2.24) is 10.6 Å². The van der Waals surface area contributed by atoms with Crippen molar-refractivity contribution in [2.75, 3.05) is 19.5 Å². The number of hydrogen-bond acceptors (Lipinski definition) is 4. The normalized spacial score (nSPS) is 10.8. The molecule has 0 bridgehead atoms. The van der Waals surface area contributed by atoms with Crippen molar-refractivity contribution in [3.63, 3.8) is 0 Å². The Morgan fingerprint density at radius 1 is 1.07 bits per heavy atom. The van der Waals surface area contributed by atoms with Gasteiger partial charge in [0, 0.05) is 31.4 Å². The van der Waals surface area contributed by atoms with Crippen molar-refractivity contribution >= 4 is 41.7 Å². The van der Waals surface area contributed by atoms with E-state index in [-0.39, 0.29) is 30.1 Å². The molecule has 0 saturated heterocycles. The smallest absolute Gasteiger partial charge is 0.411 e. The lowest BCUT2D eigenvalue weighted by molar-refractivity contribution is 0.187. The minimum Gasteiger partial charge on any atom is -0.491 e. The van der Waals surface area contributed by atoms with E-state index in [1.54, 1.807) is 7.05 Å². The van der Waals surface area contributed by atoms with E-state index >= 15 is 0 Å². The number of methoxy groups -OCH3 is 1. The molecule has 8 heteroatoms. The Balaban J connectivity index is 0.00000450. The van der Waals surface area contributed by atoms with Gasteiger partial charge >= 0.3 is 6.09 Å². The molecule has 0 spiro atoms. The molecular weight excluding hydrogens is 495 g/mol. The molecule has 0 unspecified atom stereocenters. The molecule has 0 heterocycles. The molecule has 30 heavy (non-hydrogen) atoms. The highest BCUT2D eigenvalue weighted by Crippen LogP contribution is 2.21. The number of nitrogens with one attached hydrogen (secondary N) is 3. The zero-order valence-electron chi connectivity index (χ0n) is 18.1. The number of carbonyl (C=O) groups excluding carboxylic acids is 1. The van der Waals surface area contributed by atoms with Gasteiger partial charge in [0.05, 0.1) is 13.2 Å². The van der Waals surface area contributed by atoms with E-state index in [4.69, 9.17) is 4.74 Å². The molecule has 2 aromatic carbocycles. The maximum atomic E-state index is 11.2. The molecule has 2 rings (SSSR count). The fraction of sp³-hybridized carbons (Fsp3) is 0.364. The van der Waals surface area contributed by atoms with Gasteiger partial charge in [0.2, 0.25) is 0 Å². The maximum absolute atomic E-state index is 11.2. The second-order valence-corrected chi connectivity index (χ2v) is 6.87. The Hall–Kier alpha value is -2.49. The first-order chi connectivity index (χ1) is 13.9. The topological polar surface area (TPSA) is 84.0 Å². The fourth-order valence-electron chi connectivity index (χ4n) is 2.63. The molecule has 164 valence electrons. The van der Waals surface area contributed by atoms with E-state index in [1.165, 1.54) is 7.11 Å². The summed E-state index contributed by atoms with van der Waals surface area (Å²) in [5.41, 5.74) is 3.98. The minimum atomic E-state index is -0.489. The number of benzene rings is 2. The first-order valence-corrected chi connectivity index (χ1v) is 9.56. The van der Waals surface area contributed by atoms with Crippen LogP contribution in [0.4, 0.5) is 10.5 Å². The molecule has 1 amide bonds. The summed E-state index contributed by atoms with van der Waals surface area (Å²) >= 11 is 0. The van der Waals surface area contributed by atoms with Gasteiger partial charge in [0.25, 0.3) is 0 Å². The van der Waals surface area contributed by atoms with Crippen LogP contribution in [0.25, 0.3) is 0 Å². The lowest BCUT2D eigenvalue weighted by Crippen LogP contribution is -2.36. The Morgan fingerprint density at radius 3 is 2.33 bits per heavy atom. The van der Waals surface area contributed by atoms with Crippen LogP contribution in [0.15, 0.2) is 47.5 Å². The summed E-state index contributed by atoms with van der Waals surface area (Å²) in [7, 11) is 3.07. The number of nitrogens with zero attached hydrogens (tertiary/aromatic N) is 1. The highest BCUT2D eigenvalue weighted by molar-refractivity contribution is 14.0. The lowest BCUT2D eigenvalue weighted by atomic mass is 10.1. The number of ether oxygens (including phenoxy) is 2. The Bertz CT molecular complexity index is 839. The number of hydrogen-bond donors (Lipinski definition) is 3. The SMILES string of the molecule is CN=C(NCc1ccc(NC(=O)OC)cc1)NCc1ccc(C)cc1OC(C)C.I. The number of aliphatic imine (C=N–C) groups is 1. The maximum Gasteiger partial charge on any atom is 0.411 e. The van der Waals surface area contributed by atoms with Crippen molar-refractivity contribution < 1.29 is 14.3 Å². The van der Waals surface area contributed by atoms with Crippen LogP contribution < -0.4 is 20.7 Å². The van der Waals surface area contributed by atoms with Crippen molar-refractivity contribution in [1.29, 1.82) is 0 Å². The zero-order valence-corrected chi connectivity index (χ0v) is 20.4. The number of carbonyl (C=O) groups is 1. The van der Waals surface area contributed by atoms with Crippen LogP contribution in [0.3, 0.4) is 0 Å². The number of aryl methyl sites for hydroxylation is 1. The van der Waals surface area contributed by atoms with Crippen LogP contribution in [0.5, 0.6) is 5.75 Å². The first-order valence-electron chi connectivity index (χ1n) is 9.56. The number of guanidine groups is 1. The highest BCUT2D eigenvalue weighted by Gasteiger charge is 2.08. The Labute approximate surface area is 195 Å². The molecular formula is C22H31IN4O3. The van der Waals surface area contributed by atoms with Crippen molar-refractivity contribution in [2.45, 2.75) is 40.0 Å². The fourth-order valence-corrected chi connectivity index (χ4v) is 2.63. The summed E-state index contributed by atoms with van der Waals surface area (Å²) in [5, 5.41) is 9.23. The minimum absolute atomic E-state index is 0. The van der Waals surface area contributed by atoms with Gasteiger partial charge < -0.3 is 20.1 Å². The third kappa shape index (κ3) is 8.48. The van der Waals surface area contributed by atoms with Crippen molar-refractivity contribution in [3.8, 4) is 5.75 Å². The molecule has 0 aliphatic carbocycles. The largest absolute Gasteiger partial charge is 0.491 e. The molecule has 0 aliphatic rings. The van der Waals surface area contributed by atoms with Crippen molar-refractivity contribution in [3.05, 3.63) is 59.2 Å². The first kappa shape index (κ1) is 25.5. The standard InChI is InChI=1S/C22H30N4O3.HI/c1-15(2)29-20-12-16(3)6-9-18(20)14-25-21(23-4)24-13-17-7-10-19(11-8-17)26-22(27)28-5;/h6-12,15H,13-14H2,1-5H3,(H,26,27)(H2,23,24,25);1H. The number of halogens is 1. The number of amides is 1. The average Bonchev–Trinajstić information content (AvgIpc) is 2.70. The molecule has 0 saturated carbocycles. The van der Waals surface area contributed by atoms with Crippen LogP contribution >= 0.6 is 24.0 Å². The van der Waals surface area contributed by atoms with Crippen LogP contribution in [-0.4, -0.2) is 32.3 Å². The molecule has 2 aromatic rings. The second-order valence-electron chi connectivity index (χ2n) is 6.87. The molecule has 7 nitrogen and oxygen atoms in total. The summed E-state index contributed by atoms with van der Waals surface area (Å²) in [6.07, 6.45) is -0.373. The third-order valence-corrected chi connectivity index (χ3v) is 4.10. The van der Waals surface area contributed by atoms with Crippen LogP contribution in [0, 0.1) is 6.92 Å². The molecule has 0 fully saturated rings. The van der Waals surface area contributed by atoms with Gasteiger partial charge in [-0.25, -0.2) is 4.79 Å².